The Bertz CT molecular complexity index is 472. The molecule has 2 rings (SSSR count). The minimum Gasteiger partial charge on any atom is -0.360 e. The summed E-state index contributed by atoms with van der Waals surface area (Å²) < 4.78 is 38.4. The molecule has 0 unspecified atom stereocenters. The van der Waals surface area contributed by atoms with Gasteiger partial charge in [0.15, 0.2) is 5.11 Å². The van der Waals surface area contributed by atoms with Gasteiger partial charge in [-0.15, -0.1) is 0 Å². The summed E-state index contributed by atoms with van der Waals surface area (Å²) in [5, 5.41) is 5.58. The fraction of sp³-hybridized carbons (Fsp3) is 0.364. The van der Waals surface area contributed by atoms with E-state index in [-0.39, 0.29) is 21.9 Å². The highest BCUT2D eigenvalue weighted by molar-refractivity contribution is 7.80. The molecule has 7 heteroatoms. The number of nitrogens with one attached hydrogen (secondary N) is 2. The van der Waals surface area contributed by atoms with Gasteiger partial charge < -0.3 is 10.6 Å². The number of halogens is 4. The first kappa shape index (κ1) is 13.4. The van der Waals surface area contributed by atoms with Crippen molar-refractivity contribution in [2.45, 2.75) is 25.1 Å². The van der Waals surface area contributed by atoms with Crippen molar-refractivity contribution >= 4 is 34.6 Å². The number of thiocarbonyl (C=S) groups is 1. The van der Waals surface area contributed by atoms with Gasteiger partial charge in [-0.3, -0.25) is 0 Å². The molecule has 1 aromatic rings. The SMILES string of the molecule is FC(F)(F)c1cccc(Cl)c1NC(=S)NC1CC1. The first-order valence-corrected chi connectivity index (χ1v) is 6.10. The second-order valence-corrected chi connectivity index (χ2v) is 4.85. The molecule has 0 aliphatic heterocycles. The van der Waals surface area contributed by atoms with Gasteiger partial charge >= 0.3 is 6.18 Å². The van der Waals surface area contributed by atoms with E-state index in [1.54, 1.807) is 0 Å². The lowest BCUT2D eigenvalue weighted by atomic mass is 10.1. The molecule has 0 aromatic heterocycles. The summed E-state index contributed by atoms with van der Waals surface area (Å²) in [6.45, 7) is 0. The Morgan fingerprint density at radius 1 is 1.33 bits per heavy atom. The van der Waals surface area contributed by atoms with E-state index in [0.717, 1.165) is 18.9 Å². The highest BCUT2D eigenvalue weighted by Gasteiger charge is 2.34. The van der Waals surface area contributed by atoms with Crippen LogP contribution in [0.2, 0.25) is 5.02 Å². The molecule has 1 saturated carbocycles. The molecule has 1 aliphatic rings. The van der Waals surface area contributed by atoms with Crippen LogP contribution in [0.4, 0.5) is 18.9 Å². The van der Waals surface area contributed by atoms with Crippen molar-refractivity contribution in [3.8, 4) is 0 Å². The van der Waals surface area contributed by atoms with Crippen LogP contribution in [-0.2, 0) is 6.18 Å². The Morgan fingerprint density at radius 3 is 2.56 bits per heavy atom. The van der Waals surface area contributed by atoms with E-state index in [1.165, 1.54) is 12.1 Å². The van der Waals surface area contributed by atoms with Gasteiger partial charge in [0.2, 0.25) is 0 Å². The highest BCUT2D eigenvalue weighted by Crippen LogP contribution is 2.38. The van der Waals surface area contributed by atoms with Crippen LogP contribution < -0.4 is 10.6 Å². The molecule has 0 radical (unpaired) electrons. The molecular weight excluding hydrogens is 285 g/mol. The number of para-hydroxylation sites is 1. The quantitative estimate of drug-likeness (QED) is 0.811. The maximum atomic E-state index is 12.8. The molecule has 98 valence electrons. The Balaban J connectivity index is 2.21. The largest absolute Gasteiger partial charge is 0.418 e. The fourth-order valence-electron chi connectivity index (χ4n) is 1.45. The molecule has 0 bridgehead atoms. The maximum absolute atomic E-state index is 12.8. The number of alkyl halides is 3. The summed E-state index contributed by atoms with van der Waals surface area (Å²) in [7, 11) is 0. The van der Waals surface area contributed by atoms with Gasteiger partial charge in [0, 0.05) is 6.04 Å². The van der Waals surface area contributed by atoms with Crippen molar-refractivity contribution in [2.75, 3.05) is 5.32 Å². The summed E-state index contributed by atoms with van der Waals surface area (Å²) in [6.07, 6.45) is -2.50. The lowest BCUT2D eigenvalue weighted by Gasteiger charge is -2.16. The third kappa shape index (κ3) is 3.26. The molecule has 2 N–H and O–H groups in total. The van der Waals surface area contributed by atoms with Crippen LogP contribution in [0.25, 0.3) is 0 Å². The van der Waals surface area contributed by atoms with Gasteiger partial charge in [-0.2, -0.15) is 13.2 Å². The Kier molecular flexibility index (Phi) is 3.68. The zero-order chi connectivity index (χ0) is 13.3. The van der Waals surface area contributed by atoms with Gasteiger partial charge in [0.05, 0.1) is 16.3 Å². The van der Waals surface area contributed by atoms with Crippen molar-refractivity contribution < 1.29 is 13.2 Å². The first-order valence-electron chi connectivity index (χ1n) is 5.31. The second-order valence-electron chi connectivity index (χ2n) is 4.03. The van der Waals surface area contributed by atoms with Crippen LogP contribution in [0.15, 0.2) is 18.2 Å². The molecule has 0 atom stereocenters. The van der Waals surface area contributed by atoms with Gasteiger partial charge in [-0.05, 0) is 37.2 Å². The van der Waals surface area contributed by atoms with Crippen molar-refractivity contribution in [1.29, 1.82) is 0 Å². The van der Waals surface area contributed by atoms with E-state index < -0.39 is 11.7 Å². The molecule has 1 aliphatic carbocycles. The van der Waals surface area contributed by atoms with Gasteiger partial charge in [0.25, 0.3) is 0 Å². The van der Waals surface area contributed by atoms with Crippen LogP contribution in [0.3, 0.4) is 0 Å². The van der Waals surface area contributed by atoms with Crippen molar-refractivity contribution in [2.24, 2.45) is 0 Å². The second kappa shape index (κ2) is 4.93. The highest BCUT2D eigenvalue weighted by atomic mass is 35.5. The van der Waals surface area contributed by atoms with Crippen LogP contribution in [0.1, 0.15) is 18.4 Å². The van der Waals surface area contributed by atoms with E-state index in [2.05, 4.69) is 10.6 Å². The van der Waals surface area contributed by atoms with Crippen LogP contribution in [0, 0.1) is 0 Å². The molecule has 0 heterocycles. The number of hydrogen-bond acceptors (Lipinski definition) is 1. The van der Waals surface area contributed by atoms with Gasteiger partial charge in [-0.25, -0.2) is 0 Å². The number of hydrogen-bond donors (Lipinski definition) is 2. The average molecular weight is 295 g/mol. The van der Waals surface area contributed by atoms with Crippen LogP contribution >= 0.6 is 23.8 Å². The zero-order valence-electron chi connectivity index (χ0n) is 9.14. The Labute approximate surface area is 113 Å². The first-order chi connectivity index (χ1) is 8.38. The predicted octanol–water partition coefficient (Wildman–Crippen LogP) is 3.81. The van der Waals surface area contributed by atoms with Crippen molar-refractivity contribution in [1.82, 2.24) is 5.32 Å². The summed E-state index contributed by atoms with van der Waals surface area (Å²) in [6, 6.07) is 3.88. The van der Waals surface area contributed by atoms with Gasteiger partial charge in [0.1, 0.15) is 0 Å². The molecule has 0 saturated heterocycles. The molecule has 1 fully saturated rings. The zero-order valence-corrected chi connectivity index (χ0v) is 10.7. The Morgan fingerprint density at radius 2 is 2.00 bits per heavy atom. The lowest BCUT2D eigenvalue weighted by Crippen LogP contribution is -2.31. The third-order valence-electron chi connectivity index (χ3n) is 2.47. The summed E-state index contributed by atoms with van der Waals surface area (Å²) in [5.74, 6) is 0. The van der Waals surface area contributed by atoms with E-state index >= 15 is 0 Å². The molecule has 2 nitrogen and oxygen atoms in total. The smallest absolute Gasteiger partial charge is 0.360 e. The Hall–Kier alpha value is -1.01. The predicted molar refractivity (Wildman–Crippen MR) is 68.8 cm³/mol. The van der Waals surface area contributed by atoms with Crippen LogP contribution in [0.5, 0.6) is 0 Å². The summed E-state index contributed by atoms with van der Waals surface area (Å²) in [5.41, 5.74) is -1.03. The standard InChI is InChI=1S/C11H10ClF3N2S/c12-8-3-1-2-7(11(13,14)15)9(8)17-10(18)16-6-4-5-6/h1-3,6H,4-5H2,(H2,16,17,18). The number of rotatable bonds is 2. The molecule has 0 spiro atoms. The van der Waals surface area contributed by atoms with E-state index in [9.17, 15) is 13.2 Å². The van der Waals surface area contributed by atoms with Crippen molar-refractivity contribution in [3.63, 3.8) is 0 Å². The number of benzene rings is 1. The van der Waals surface area contributed by atoms with E-state index in [1.807, 2.05) is 0 Å². The van der Waals surface area contributed by atoms with Gasteiger partial charge in [-0.1, -0.05) is 17.7 Å². The molecule has 0 amide bonds. The van der Waals surface area contributed by atoms with Crippen molar-refractivity contribution in [3.05, 3.63) is 28.8 Å². The minimum atomic E-state index is -4.47. The average Bonchev–Trinajstić information content (AvgIpc) is 3.03. The fourth-order valence-corrected chi connectivity index (χ4v) is 1.94. The van der Waals surface area contributed by atoms with E-state index in [0.29, 0.717) is 0 Å². The minimum absolute atomic E-state index is 0.00947. The normalized spacial score (nSPS) is 15.3. The monoisotopic (exact) mass is 294 g/mol. The molecule has 1 aromatic carbocycles. The molecular formula is C11H10ClF3N2S. The summed E-state index contributed by atoms with van der Waals surface area (Å²) >= 11 is 10.7. The topological polar surface area (TPSA) is 24.1 Å². The van der Waals surface area contributed by atoms with Crippen LogP contribution in [-0.4, -0.2) is 11.2 Å². The van der Waals surface area contributed by atoms with E-state index in [4.69, 9.17) is 23.8 Å². The summed E-state index contributed by atoms with van der Waals surface area (Å²) in [4.78, 5) is 0. The lowest BCUT2D eigenvalue weighted by molar-refractivity contribution is -0.136. The molecule has 18 heavy (non-hydrogen) atoms. The third-order valence-corrected chi connectivity index (χ3v) is 3.00. The maximum Gasteiger partial charge on any atom is 0.418 e. The number of anilines is 1.